The fraction of sp³-hybridized carbons (Fsp3) is 0.500. The van der Waals surface area contributed by atoms with Crippen molar-refractivity contribution < 1.29 is 9.53 Å². The van der Waals surface area contributed by atoms with E-state index >= 15 is 0 Å². The number of thioether (sulfide) groups is 1. The third kappa shape index (κ3) is 5.45. The molecule has 1 aromatic rings. The van der Waals surface area contributed by atoms with Gasteiger partial charge in [0, 0.05) is 17.1 Å². The standard InChI is InChI=1S/C14H21NO2S/c1-14(2,3)17-13(16)9-10-15-11-7-5-6-8-12(11)18-4/h5-8,15H,9-10H2,1-4H3. The summed E-state index contributed by atoms with van der Waals surface area (Å²) in [7, 11) is 0. The Morgan fingerprint density at radius 1 is 1.33 bits per heavy atom. The summed E-state index contributed by atoms with van der Waals surface area (Å²) in [5.41, 5.74) is 0.655. The zero-order valence-corrected chi connectivity index (χ0v) is 12.3. The van der Waals surface area contributed by atoms with E-state index in [1.807, 2.05) is 45.2 Å². The average molecular weight is 267 g/mol. The summed E-state index contributed by atoms with van der Waals surface area (Å²) < 4.78 is 5.25. The van der Waals surface area contributed by atoms with Gasteiger partial charge in [-0.05, 0) is 39.2 Å². The van der Waals surface area contributed by atoms with Crippen LogP contribution in [-0.2, 0) is 9.53 Å². The van der Waals surface area contributed by atoms with Gasteiger partial charge in [0.05, 0.1) is 6.42 Å². The Morgan fingerprint density at radius 3 is 2.61 bits per heavy atom. The van der Waals surface area contributed by atoms with Crippen molar-refractivity contribution in [3.05, 3.63) is 24.3 Å². The van der Waals surface area contributed by atoms with Crippen LogP contribution in [0.4, 0.5) is 5.69 Å². The van der Waals surface area contributed by atoms with E-state index in [1.54, 1.807) is 11.8 Å². The molecule has 3 nitrogen and oxygen atoms in total. The number of benzene rings is 1. The molecule has 0 aliphatic heterocycles. The number of hydrogen-bond donors (Lipinski definition) is 1. The van der Waals surface area contributed by atoms with Gasteiger partial charge in [-0.3, -0.25) is 4.79 Å². The minimum Gasteiger partial charge on any atom is -0.460 e. The number of ether oxygens (including phenoxy) is 1. The van der Waals surface area contributed by atoms with Gasteiger partial charge in [-0.2, -0.15) is 0 Å². The molecule has 0 heterocycles. The maximum Gasteiger partial charge on any atom is 0.308 e. The summed E-state index contributed by atoms with van der Waals surface area (Å²) in [6.07, 6.45) is 2.41. The van der Waals surface area contributed by atoms with Crippen LogP contribution in [0.15, 0.2) is 29.2 Å². The quantitative estimate of drug-likeness (QED) is 0.654. The molecule has 0 radical (unpaired) electrons. The molecule has 0 atom stereocenters. The fourth-order valence-corrected chi connectivity index (χ4v) is 2.06. The van der Waals surface area contributed by atoms with Crippen LogP contribution in [0.5, 0.6) is 0 Å². The van der Waals surface area contributed by atoms with Crippen molar-refractivity contribution >= 4 is 23.4 Å². The first-order valence-corrected chi connectivity index (χ1v) is 7.23. The van der Waals surface area contributed by atoms with Crippen molar-refractivity contribution in [3.63, 3.8) is 0 Å². The third-order valence-electron chi connectivity index (χ3n) is 2.17. The Labute approximate surface area is 113 Å². The Bertz CT molecular complexity index is 399. The van der Waals surface area contributed by atoms with Gasteiger partial charge in [0.1, 0.15) is 5.60 Å². The van der Waals surface area contributed by atoms with Gasteiger partial charge >= 0.3 is 5.97 Å². The molecule has 0 saturated carbocycles. The lowest BCUT2D eigenvalue weighted by molar-refractivity contribution is -0.154. The maximum atomic E-state index is 11.5. The predicted molar refractivity (Wildman–Crippen MR) is 77.2 cm³/mol. The predicted octanol–water partition coefficient (Wildman–Crippen LogP) is 3.55. The number of carbonyl (C=O) groups excluding carboxylic acids is 1. The van der Waals surface area contributed by atoms with Crippen molar-refractivity contribution in [3.8, 4) is 0 Å². The monoisotopic (exact) mass is 267 g/mol. The molecule has 0 spiro atoms. The molecule has 0 unspecified atom stereocenters. The zero-order valence-electron chi connectivity index (χ0n) is 11.4. The molecular formula is C14H21NO2S. The Hall–Kier alpha value is -1.16. The lowest BCUT2D eigenvalue weighted by Crippen LogP contribution is -2.25. The second-order valence-corrected chi connectivity index (χ2v) is 5.81. The van der Waals surface area contributed by atoms with E-state index in [4.69, 9.17) is 4.74 Å². The lowest BCUT2D eigenvalue weighted by atomic mass is 10.2. The second-order valence-electron chi connectivity index (χ2n) is 4.96. The normalized spacial score (nSPS) is 11.1. The highest BCUT2D eigenvalue weighted by atomic mass is 32.2. The van der Waals surface area contributed by atoms with Crippen molar-refractivity contribution in [1.29, 1.82) is 0 Å². The molecule has 0 amide bonds. The van der Waals surface area contributed by atoms with E-state index in [0.29, 0.717) is 13.0 Å². The van der Waals surface area contributed by atoms with Crippen molar-refractivity contribution in [2.75, 3.05) is 18.1 Å². The molecule has 0 aromatic heterocycles. The highest BCUT2D eigenvalue weighted by molar-refractivity contribution is 7.98. The van der Waals surface area contributed by atoms with Crippen LogP contribution in [0.3, 0.4) is 0 Å². The molecule has 0 aliphatic rings. The van der Waals surface area contributed by atoms with Gasteiger partial charge in [0.25, 0.3) is 0 Å². The summed E-state index contributed by atoms with van der Waals surface area (Å²) >= 11 is 1.69. The minimum atomic E-state index is -0.408. The smallest absolute Gasteiger partial charge is 0.308 e. The number of esters is 1. The number of para-hydroxylation sites is 1. The second kappa shape index (κ2) is 6.69. The van der Waals surface area contributed by atoms with E-state index in [-0.39, 0.29) is 5.97 Å². The first-order valence-electron chi connectivity index (χ1n) is 6.01. The van der Waals surface area contributed by atoms with Crippen LogP contribution in [0.1, 0.15) is 27.2 Å². The molecule has 0 aliphatic carbocycles. The summed E-state index contributed by atoms with van der Waals surface area (Å²) in [5, 5.41) is 3.26. The van der Waals surface area contributed by atoms with Gasteiger partial charge in [-0.25, -0.2) is 0 Å². The fourth-order valence-electron chi connectivity index (χ4n) is 1.48. The van der Waals surface area contributed by atoms with Crippen LogP contribution in [0.25, 0.3) is 0 Å². The molecule has 0 fully saturated rings. The molecule has 0 bridgehead atoms. The van der Waals surface area contributed by atoms with Crippen molar-refractivity contribution in [2.45, 2.75) is 37.7 Å². The van der Waals surface area contributed by atoms with E-state index in [9.17, 15) is 4.79 Å². The lowest BCUT2D eigenvalue weighted by Gasteiger charge is -2.19. The molecule has 18 heavy (non-hydrogen) atoms. The Morgan fingerprint density at radius 2 is 2.00 bits per heavy atom. The van der Waals surface area contributed by atoms with Gasteiger partial charge in [0.2, 0.25) is 0 Å². The summed E-state index contributed by atoms with van der Waals surface area (Å²) in [6.45, 7) is 6.22. The molecule has 1 rings (SSSR count). The van der Waals surface area contributed by atoms with Crippen LogP contribution in [-0.4, -0.2) is 24.4 Å². The van der Waals surface area contributed by atoms with Crippen LogP contribution < -0.4 is 5.32 Å². The zero-order chi connectivity index (χ0) is 13.6. The molecular weight excluding hydrogens is 246 g/mol. The number of rotatable bonds is 5. The minimum absolute atomic E-state index is 0.170. The van der Waals surface area contributed by atoms with Crippen molar-refractivity contribution in [2.24, 2.45) is 0 Å². The number of hydrogen-bond acceptors (Lipinski definition) is 4. The molecule has 4 heteroatoms. The van der Waals surface area contributed by atoms with Gasteiger partial charge in [0.15, 0.2) is 0 Å². The number of carbonyl (C=O) groups is 1. The summed E-state index contributed by atoms with van der Waals surface area (Å²) in [6, 6.07) is 8.06. The van der Waals surface area contributed by atoms with Crippen LogP contribution >= 0.6 is 11.8 Å². The van der Waals surface area contributed by atoms with Gasteiger partial charge < -0.3 is 10.1 Å². The first-order chi connectivity index (χ1) is 8.42. The van der Waals surface area contributed by atoms with E-state index in [0.717, 1.165) is 5.69 Å². The molecule has 0 saturated heterocycles. The SMILES string of the molecule is CSc1ccccc1NCCC(=O)OC(C)(C)C. The highest BCUT2D eigenvalue weighted by Gasteiger charge is 2.15. The van der Waals surface area contributed by atoms with E-state index < -0.39 is 5.60 Å². The molecule has 1 N–H and O–H groups in total. The average Bonchev–Trinajstić information content (AvgIpc) is 2.27. The highest BCUT2D eigenvalue weighted by Crippen LogP contribution is 2.24. The third-order valence-corrected chi connectivity index (χ3v) is 2.97. The summed E-state index contributed by atoms with van der Waals surface area (Å²) in [5.74, 6) is -0.170. The Kier molecular flexibility index (Phi) is 5.54. The summed E-state index contributed by atoms with van der Waals surface area (Å²) in [4.78, 5) is 12.7. The Balaban J connectivity index is 2.40. The molecule has 100 valence electrons. The number of anilines is 1. The maximum absolute atomic E-state index is 11.5. The molecule has 1 aromatic carbocycles. The first kappa shape index (κ1) is 14.9. The topological polar surface area (TPSA) is 38.3 Å². The largest absolute Gasteiger partial charge is 0.460 e. The van der Waals surface area contributed by atoms with Gasteiger partial charge in [-0.15, -0.1) is 11.8 Å². The number of nitrogens with one attached hydrogen (secondary N) is 1. The van der Waals surface area contributed by atoms with Crippen molar-refractivity contribution in [1.82, 2.24) is 0 Å². The van der Waals surface area contributed by atoms with Crippen LogP contribution in [0, 0.1) is 0 Å². The van der Waals surface area contributed by atoms with E-state index in [1.165, 1.54) is 4.90 Å². The van der Waals surface area contributed by atoms with Crippen LogP contribution in [0.2, 0.25) is 0 Å². The van der Waals surface area contributed by atoms with Gasteiger partial charge in [-0.1, -0.05) is 12.1 Å². The van der Waals surface area contributed by atoms with E-state index in [2.05, 4.69) is 11.4 Å².